The molecule has 4 rings (SSSR count). The lowest BCUT2D eigenvalue weighted by atomic mass is 10.0. The van der Waals surface area contributed by atoms with Crippen LogP contribution in [0, 0.1) is 18.3 Å². The van der Waals surface area contributed by atoms with Crippen LogP contribution in [0.5, 0.6) is 5.75 Å². The summed E-state index contributed by atoms with van der Waals surface area (Å²) in [5, 5.41) is 33.1. The number of rotatable bonds is 4. The quantitative estimate of drug-likeness (QED) is 0.727. The Balaban J connectivity index is 1.79. The first kappa shape index (κ1) is 17.0. The van der Waals surface area contributed by atoms with E-state index in [2.05, 4.69) is 21.1 Å². The standard InChI is InChI=1S/C19H18N6O2/c1-12-2-3-13(8-17(12)27)18-15(11-25(23-18)7-5-20)16-4-6-21-19(22-16)24-9-14(26)10-24/h2-4,6,8,11,14,26-27H,7,9-10H2,1H3. The summed E-state index contributed by atoms with van der Waals surface area (Å²) in [5.41, 5.74) is 3.56. The van der Waals surface area contributed by atoms with Crippen molar-refractivity contribution in [3.05, 3.63) is 42.2 Å². The summed E-state index contributed by atoms with van der Waals surface area (Å²) in [6.07, 6.45) is 3.09. The predicted molar refractivity (Wildman–Crippen MR) is 98.9 cm³/mol. The zero-order valence-corrected chi connectivity index (χ0v) is 14.7. The summed E-state index contributed by atoms with van der Waals surface area (Å²) >= 11 is 0. The zero-order chi connectivity index (χ0) is 19.0. The fraction of sp³-hybridized carbons (Fsp3) is 0.263. The van der Waals surface area contributed by atoms with Gasteiger partial charge in [0.1, 0.15) is 18.0 Å². The van der Waals surface area contributed by atoms with Crippen LogP contribution in [-0.2, 0) is 6.54 Å². The maximum Gasteiger partial charge on any atom is 0.226 e. The molecule has 3 heterocycles. The molecule has 1 aromatic carbocycles. The van der Waals surface area contributed by atoms with Gasteiger partial charge in [-0.3, -0.25) is 4.68 Å². The Bertz CT molecular complexity index is 1030. The van der Waals surface area contributed by atoms with Gasteiger partial charge in [0, 0.05) is 36.6 Å². The molecule has 0 bridgehead atoms. The highest BCUT2D eigenvalue weighted by Crippen LogP contribution is 2.33. The van der Waals surface area contributed by atoms with Gasteiger partial charge < -0.3 is 15.1 Å². The van der Waals surface area contributed by atoms with Crippen LogP contribution in [0.4, 0.5) is 5.95 Å². The van der Waals surface area contributed by atoms with Gasteiger partial charge in [0.15, 0.2) is 0 Å². The van der Waals surface area contributed by atoms with Crippen LogP contribution < -0.4 is 4.90 Å². The number of nitrogens with zero attached hydrogens (tertiary/aromatic N) is 6. The van der Waals surface area contributed by atoms with E-state index in [0.29, 0.717) is 30.4 Å². The van der Waals surface area contributed by atoms with E-state index < -0.39 is 0 Å². The predicted octanol–water partition coefficient (Wildman–Crippen LogP) is 1.73. The lowest BCUT2D eigenvalue weighted by Gasteiger charge is -2.35. The Morgan fingerprint density at radius 3 is 2.81 bits per heavy atom. The topological polar surface area (TPSA) is 111 Å². The molecule has 0 saturated carbocycles. The Morgan fingerprint density at radius 1 is 1.30 bits per heavy atom. The van der Waals surface area contributed by atoms with Gasteiger partial charge in [-0.15, -0.1) is 0 Å². The number of phenolic OH excluding ortho intramolecular Hbond substituents is 1. The SMILES string of the molecule is Cc1ccc(-c2nn(CC#N)cc2-c2ccnc(N3CC(O)C3)n2)cc1O. The smallest absolute Gasteiger partial charge is 0.226 e. The molecule has 1 saturated heterocycles. The van der Waals surface area contributed by atoms with E-state index in [1.807, 2.05) is 24.0 Å². The zero-order valence-electron chi connectivity index (χ0n) is 14.7. The molecule has 8 nitrogen and oxygen atoms in total. The summed E-state index contributed by atoms with van der Waals surface area (Å²) < 4.78 is 1.55. The number of aliphatic hydroxyl groups excluding tert-OH is 1. The van der Waals surface area contributed by atoms with Crippen LogP contribution >= 0.6 is 0 Å². The molecular formula is C19H18N6O2. The molecule has 0 radical (unpaired) electrons. The Morgan fingerprint density at radius 2 is 2.11 bits per heavy atom. The summed E-state index contributed by atoms with van der Waals surface area (Å²) in [6.45, 7) is 2.96. The van der Waals surface area contributed by atoms with Crippen molar-refractivity contribution in [1.29, 1.82) is 5.26 Å². The Kier molecular flexibility index (Phi) is 4.22. The molecule has 0 unspecified atom stereocenters. The molecule has 27 heavy (non-hydrogen) atoms. The minimum Gasteiger partial charge on any atom is -0.508 e. The van der Waals surface area contributed by atoms with Crippen molar-refractivity contribution in [3.63, 3.8) is 0 Å². The number of aromatic nitrogens is 4. The molecule has 1 aliphatic heterocycles. The van der Waals surface area contributed by atoms with Crippen molar-refractivity contribution in [3.8, 4) is 34.3 Å². The first-order valence-electron chi connectivity index (χ1n) is 8.56. The summed E-state index contributed by atoms with van der Waals surface area (Å²) in [5.74, 6) is 0.731. The molecule has 1 aliphatic rings. The van der Waals surface area contributed by atoms with Gasteiger partial charge in [0.2, 0.25) is 5.95 Å². The number of β-amino-alcohol motifs (C(OH)–C–C–N with tert-alkyl or cyclic N) is 1. The number of phenols is 1. The highest BCUT2D eigenvalue weighted by molar-refractivity contribution is 5.79. The second-order valence-corrected chi connectivity index (χ2v) is 6.55. The number of benzene rings is 1. The van der Waals surface area contributed by atoms with Gasteiger partial charge in [-0.2, -0.15) is 10.4 Å². The second kappa shape index (κ2) is 6.70. The van der Waals surface area contributed by atoms with Crippen LogP contribution in [0.15, 0.2) is 36.7 Å². The number of aliphatic hydroxyl groups is 1. The molecule has 0 atom stereocenters. The van der Waals surface area contributed by atoms with E-state index in [1.165, 1.54) is 0 Å². The van der Waals surface area contributed by atoms with Gasteiger partial charge in [-0.1, -0.05) is 12.1 Å². The third-order valence-electron chi connectivity index (χ3n) is 4.54. The number of hydrogen-bond acceptors (Lipinski definition) is 7. The molecule has 2 aromatic heterocycles. The van der Waals surface area contributed by atoms with Gasteiger partial charge in [-0.25, -0.2) is 9.97 Å². The molecule has 0 spiro atoms. The van der Waals surface area contributed by atoms with Gasteiger partial charge >= 0.3 is 0 Å². The number of aromatic hydroxyl groups is 1. The van der Waals surface area contributed by atoms with Crippen molar-refractivity contribution in [2.75, 3.05) is 18.0 Å². The molecule has 0 aliphatic carbocycles. The molecule has 2 N–H and O–H groups in total. The molecule has 3 aromatic rings. The van der Waals surface area contributed by atoms with Crippen molar-refractivity contribution < 1.29 is 10.2 Å². The molecule has 8 heteroatoms. The van der Waals surface area contributed by atoms with E-state index in [0.717, 1.165) is 16.7 Å². The minimum absolute atomic E-state index is 0.112. The first-order chi connectivity index (χ1) is 13.0. The third-order valence-corrected chi connectivity index (χ3v) is 4.54. The number of aryl methyl sites for hydroxylation is 1. The average molecular weight is 362 g/mol. The van der Waals surface area contributed by atoms with Crippen LogP contribution in [0.2, 0.25) is 0 Å². The number of nitriles is 1. The molecule has 1 fully saturated rings. The second-order valence-electron chi connectivity index (χ2n) is 6.55. The Hall–Kier alpha value is -3.44. The molecular weight excluding hydrogens is 344 g/mol. The maximum atomic E-state index is 10.1. The molecule has 136 valence electrons. The summed E-state index contributed by atoms with van der Waals surface area (Å²) in [6, 6.07) is 9.23. The van der Waals surface area contributed by atoms with Crippen molar-refractivity contribution >= 4 is 5.95 Å². The van der Waals surface area contributed by atoms with Crippen LogP contribution in [0.3, 0.4) is 0 Å². The monoisotopic (exact) mass is 362 g/mol. The number of hydrogen-bond donors (Lipinski definition) is 2. The van der Waals surface area contributed by atoms with E-state index >= 15 is 0 Å². The minimum atomic E-state index is -0.346. The van der Waals surface area contributed by atoms with Crippen LogP contribution in [0.1, 0.15) is 5.56 Å². The summed E-state index contributed by atoms with van der Waals surface area (Å²) in [4.78, 5) is 10.8. The van der Waals surface area contributed by atoms with Gasteiger partial charge in [0.25, 0.3) is 0 Å². The van der Waals surface area contributed by atoms with Gasteiger partial charge in [0.05, 0.1) is 17.9 Å². The van der Waals surface area contributed by atoms with E-state index in [1.54, 1.807) is 29.2 Å². The lowest BCUT2D eigenvalue weighted by molar-refractivity contribution is 0.140. The lowest BCUT2D eigenvalue weighted by Crippen LogP contribution is -2.51. The third kappa shape index (κ3) is 3.20. The first-order valence-corrected chi connectivity index (χ1v) is 8.56. The highest BCUT2D eigenvalue weighted by Gasteiger charge is 2.27. The van der Waals surface area contributed by atoms with E-state index in [-0.39, 0.29) is 18.4 Å². The largest absolute Gasteiger partial charge is 0.508 e. The normalized spacial score (nSPS) is 14.0. The van der Waals surface area contributed by atoms with E-state index in [4.69, 9.17) is 5.26 Å². The maximum absolute atomic E-state index is 10.1. The van der Waals surface area contributed by atoms with Gasteiger partial charge in [-0.05, 0) is 24.6 Å². The van der Waals surface area contributed by atoms with E-state index in [9.17, 15) is 10.2 Å². The fourth-order valence-corrected chi connectivity index (χ4v) is 3.00. The van der Waals surface area contributed by atoms with Crippen LogP contribution in [0.25, 0.3) is 22.5 Å². The fourth-order valence-electron chi connectivity index (χ4n) is 3.00. The average Bonchev–Trinajstić information content (AvgIpc) is 3.06. The number of anilines is 1. The molecule has 0 amide bonds. The van der Waals surface area contributed by atoms with Crippen LogP contribution in [-0.4, -0.2) is 49.2 Å². The Labute approximate surface area is 156 Å². The van der Waals surface area contributed by atoms with Crippen molar-refractivity contribution in [2.45, 2.75) is 19.6 Å². The van der Waals surface area contributed by atoms with Crippen molar-refractivity contribution in [1.82, 2.24) is 19.7 Å². The highest BCUT2D eigenvalue weighted by atomic mass is 16.3. The summed E-state index contributed by atoms with van der Waals surface area (Å²) in [7, 11) is 0. The van der Waals surface area contributed by atoms with Crippen molar-refractivity contribution in [2.24, 2.45) is 0 Å².